The standard InChI is InChI=1S/C14H20N2O2/c1-10-3-6-13(18-9-14(17)15-2)11(7-10)8-16-12-4-5-12/h3,6-7,12,16H,4-5,8-9H2,1-2H3,(H,15,17). The molecule has 0 radical (unpaired) electrons. The first-order valence-corrected chi connectivity index (χ1v) is 6.35. The van der Waals surface area contributed by atoms with Gasteiger partial charge in [-0.1, -0.05) is 17.7 Å². The lowest BCUT2D eigenvalue weighted by Gasteiger charge is -2.12. The van der Waals surface area contributed by atoms with Gasteiger partial charge in [0.25, 0.3) is 5.91 Å². The van der Waals surface area contributed by atoms with Gasteiger partial charge in [-0.05, 0) is 25.8 Å². The first-order valence-electron chi connectivity index (χ1n) is 6.35. The third kappa shape index (κ3) is 3.74. The zero-order valence-corrected chi connectivity index (χ0v) is 11.0. The Morgan fingerprint density at radius 2 is 2.22 bits per heavy atom. The molecule has 98 valence electrons. The van der Waals surface area contributed by atoms with Crippen molar-refractivity contribution < 1.29 is 9.53 Å². The molecule has 0 aromatic heterocycles. The van der Waals surface area contributed by atoms with Gasteiger partial charge >= 0.3 is 0 Å². The molecule has 0 saturated heterocycles. The van der Waals surface area contributed by atoms with Gasteiger partial charge in [0.15, 0.2) is 6.61 Å². The lowest BCUT2D eigenvalue weighted by Crippen LogP contribution is -2.25. The average molecular weight is 248 g/mol. The number of carbonyl (C=O) groups is 1. The van der Waals surface area contributed by atoms with E-state index in [-0.39, 0.29) is 12.5 Å². The van der Waals surface area contributed by atoms with E-state index in [9.17, 15) is 4.79 Å². The van der Waals surface area contributed by atoms with Gasteiger partial charge in [-0.3, -0.25) is 4.79 Å². The zero-order chi connectivity index (χ0) is 13.0. The van der Waals surface area contributed by atoms with Crippen LogP contribution in [0.15, 0.2) is 18.2 Å². The van der Waals surface area contributed by atoms with Crippen LogP contribution in [0.25, 0.3) is 0 Å². The molecule has 1 fully saturated rings. The van der Waals surface area contributed by atoms with Crippen molar-refractivity contribution in [1.29, 1.82) is 0 Å². The highest BCUT2D eigenvalue weighted by Crippen LogP contribution is 2.23. The van der Waals surface area contributed by atoms with Gasteiger partial charge < -0.3 is 15.4 Å². The van der Waals surface area contributed by atoms with Gasteiger partial charge in [0.1, 0.15) is 5.75 Å². The number of likely N-dealkylation sites (N-methyl/N-ethyl adjacent to an activating group) is 1. The predicted molar refractivity (Wildman–Crippen MR) is 70.6 cm³/mol. The van der Waals surface area contributed by atoms with Crippen LogP contribution in [0.5, 0.6) is 5.75 Å². The van der Waals surface area contributed by atoms with Crippen molar-refractivity contribution in [3.05, 3.63) is 29.3 Å². The summed E-state index contributed by atoms with van der Waals surface area (Å²) in [5, 5.41) is 6.01. The first kappa shape index (κ1) is 12.9. The van der Waals surface area contributed by atoms with Gasteiger partial charge in [0, 0.05) is 25.2 Å². The van der Waals surface area contributed by atoms with Gasteiger partial charge in [-0.15, -0.1) is 0 Å². The summed E-state index contributed by atoms with van der Waals surface area (Å²) in [6.07, 6.45) is 2.53. The quantitative estimate of drug-likeness (QED) is 0.799. The van der Waals surface area contributed by atoms with Gasteiger partial charge in [0.05, 0.1) is 0 Å². The number of hydrogen-bond acceptors (Lipinski definition) is 3. The van der Waals surface area contributed by atoms with E-state index >= 15 is 0 Å². The molecular weight excluding hydrogens is 228 g/mol. The Kier molecular flexibility index (Phi) is 4.20. The molecule has 0 heterocycles. The Balaban J connectivity index is 1.99. The smallest absolute Gasteiger partial charge is 0.257 e. The molecule has 1 saturated carbocycles. The fraction of sp³-hybridized carbons (Fsp3) is 0.500. The van der Waals surface area contributed by atoms with E-state index in [1.807, 2.05) is 12.1 Å². The van der Waals surface area contributed by atoms with Crippen molar-refractivity contribution in [3.8, 4) is 5.75 Å². The summed E-state index contributed by atoms with van der Waals surface area (Å²) in [6, 6.07) is 6.70. The van der Waals surface area contributed by atoms with Crippen LogP contribution in [-0.2, 0) is 11.3 Å². The van der Waals surface area contributed by atoms with E-state index in [0.717, 1.165) is 17.9 Å². The Bertz CT molecular complexity index is 428. The molecule has 1 amide bonds. The van der Waals surface area contributed by atoms with Gasteiger partial charge in [0.2, 0.25) is 0 Å². The lowest BCUT2D eigenvalue weighted by molar-refractivity contribution is -0.122. The summed E-state index contributed by atoms with van der Waals surface area (Å²) in [7, 11) is 1.61. The monoisotopic (exact) mass is 248 g/mol. The molecule has 0 atom stereocenters. The number of hydrogen-bond donors (Lipinski definition) is 2. The van der Waals surface area contributed by atoms with E-state index in [0.29, 0.717) is 6.04 Å². The summed E-state index contributed by atoms with van der Waals surface area (Å²) in [4.78, 5) is 11.2. The second-order valence-corrected chi connectivity index (χ2v) is 4.73. The van der Waals surface area contributed by atoms with Gasteiger partial charge in [-0.2, -0.15) is 0 Å². The van der Waals surface area contributed by atoms with Crippen LogP contribution in [0.2, 0.25) is 0 Å². The molecule has 1 aromatic carbocycles. The van der Waals surface area contributed by atoms with E-state index in [2.05, 4.69) is 23.6 Å². The minimum atomic E-state index is -0.114. The number of ether oxygens (including phenoxy) is 1. The molecule has 1 aliphatic carbocycles. The van der Waals surface area contributed by atoms with Crippen molar-refractivity contribution in [3.63, 3.8) is 0 Å². The predicted octanol–water partition coefficient (Wildman–Crippen LogP) is 1.37. The highest BCUT2D eigenvalue weighted by molar-refractivity contribution is 5.77. The molecule has 0 bridgehead atoms. The van der Waals surface area contributed by atoms with E-state index in [1.165, 1.54) is 18.4 Å². The van der Waals surface area contributed by atoms with E-state index < -0.39 is 0 Å². The topological polar surface area (TPSA) is 50.4 Å². The fourth-order valence-electron chi connectivity index (χ4n) is 1.74. The third-order valence-corrected chi connectivity index (χ3v) is 3.01. The molecule has 2 rings (SSSR count). The number of benzene rings is 1. The van der Waals surface area contributed by atoms with Crippen LogP contribution >= 0.6 is 0 Å². The SMILES string of the molecule is CNC(=O)COc1ccc(C)cc1CNC1CC1. The Morgan fingerprint density at radius 3 is 2.89 bits per heavy atom. The minimum Gasteiger partial charge on any atom is -0.483 e. The highest BCUT2D eigenvalue weighted by Gasteiger charge is 2.20. The van der Waals surface area contributed by atoms with Crippen molar-refractivity contribution in [1.82, 2.24) is 10.6 Å². The molecule has 4 heteroatoms. The van der Waals surface area contributed by atoms with Crippen LogP contribution < -0.4 is 15.4 Å². The number of aryl methyl sites for hydroxylation is 1. The van der Waals surface area contributed by atoms with Crippen LogP contribution in [0.1, 0.15) is 24.0 Å². The van der Waals surface area contributed by atoms with Crippen LogP contribution in [0, 0.1) is 6.92 Å². The summed E-state index contributed by atoms with van der Waals surface area (Å²) >= 11 is 0. The largest absolute Gasteiger partial charge is 0.483 e. The third-order valence-electron chi connectivity index (χ3n) is 3.01. The second kappa shape index (κ2) is 5.87. The Morgan fingerprint density at radius 1 is 1.44 bits per heavy atom. The molecule has 1 aromatic rings. The maximum Gasteiger partial charge on any atom is 0.257 e. The van der Waals surface area contributed by atoms with Crippen LogP contribution in [0.4, 0.5) is 0 Å². The zero-order valence-electron chi connectivity index (χ0n) is 11.0. The van der Waals surface area contributed by atoms with E-state index in [4.69, 9.17) is 4.74 Å². The highest BCUT2D eigenvalue weighted by atomic mass is 16.5. The Hall–Kier alpha value is -1.55. The molecular formula is C14H20N2O2. The molecule has 4 nitrogen and oxygen atoms in total. The number of amides is 1. The maximum atomic E-state index is 11.2. The van der Waals surface area contributed by atoms with Crippen LogP contribution in [0.3, 0.4) is 0 Å². The van der Waals surface area contributed by atoms with Crippen molar-refractivity contribution in [2.24, 2.45) is 0 Å². The molecule has 0 spiro atoms. The molecule has 1 aliphatic rings. The number of rotatable bonds is 6. The molecule has 0 unspecified atom stereocenters. The molecule has 0 aliphatic heterocycles. The summed E-state index contributed by atoms with van der Waals surface area (Å²) in [5.74, 6) is 0.675. The molecule has 2 N–H and O–H groups in total. The maximum absolute atomic E-state index is 11.2. The normalized spacial score (nSPS) is 14.3. The summed E-state index contributed by atoms with van der Waals surface area (Å²) < 4.78 is 5.55. The van der Waals surface area contributed by atoms with E-state index in [1.54, 1.807) is 7.05 Å². The van der Waals surface area contributed by atoms with Crippen molar-refractivity contribution in [2.45, 2.75) is 32.4 Å². The van der Waals surface area contributed by atoms with Crippen LogP contribution in [-0.4, -0.2) is 25.6 Å². The Labute approximate surface area is 108 Å². The summed E-state index contributed by atoms with van der Waals surface area (Å²) in [5.41, 5.74) is 2.32. The number of carbonyl (C=O) groups excluding carboxylic acids is 1. The first-order chi connectivity index (χ1) is 8.69. The van der Waals surface area contributed by atoms with Crippen molar-refractivity contribution >= 4 is 5.91 Å². The van der Waals surface area contributed by atoms with Gasteiger partial charge in [-0.25, -0.2) is 0 Å². The number of nitrogens with one attached hydrogen (secondary N) is 2. The lowest BCUT2D eigenvalue weighted by atomic mass is 10.1. The summed E-state index contributed by atoms with van der Waals surface area (Å²) in [6.45, 7) is 2.93. The fourth-order valence-corrected chi connectivity index (χ4v) is 1.74. The van der Waals surface area contributed by atoms with Crippen molar-refractivity contribution in [2.75, 3.05) is 13.7 Å². The second-order valence-electron chi connectivity index (χ2n) is 4.73. The molecule has 18 heavy (non-hydrogen) atoms. The average Bonchev–Trinajstić information content (AvgIpc) is 3.18. The minimum absolute atomic E-state index is 0.0655.